The van der Waals surface area contributed by atoms with Crippen LogP contribution in [0.2, 0.25) is 0 Å². The van der Waals surface area contributed by atoms with Gasteiger partial charge in [-0.25, -0.2) is 0 Å². The zero-order valence-electron chi connectivity index (χ0n) is 8.51. The van der Waals surface area contributed by atoms with Crippen LogP contribution in [0.25, 0.3) is 5.13 Å². The van der Waals surface area contributed by atoms with E-state index >= 15 is 0 Å². The van der Waals surface area contributed by atoms with E-state index < -0.39 is 0 Å². The highest BCUT2D eigenvalue weighted by Crippen LogP contribution is 2.17. The molecule has 80 valence electrons. The van der Waals surface area contributed by atoms with Gasteiger partial charge in [-0.05, 0) is 13.3 Å². The molecule has 15 heavy (non-hydrogen) atoms. The first-order valence-electron chi connectivity index (χ1n) is 4.61. The molecule has 0 aliphatic rings. The lowest BCUT2D eigenvalue weighted by atomic mass is 10.3. The zero-order valence-corrected chi connectivity index (χ0v) is 9.32. The summed E-state index contributed by atoms with van der Waals surface area (Å²) >= 11 is 1.45. The van der Waals surface area contributed by atoms with Crippen molar-refractivity contribution in [3.05, 3.63) is 16.4 Å². The van der Waals surface area contributed by atoms with Gasteiger partial charge in [0.2, 0.25) is 5.13 Å². The van der Waals surface area contributed by atoms with Crippen LogP contribution in [-0.4, -0.2) is 30.3 Å². The second-order valence-electron chi connectivity index (χ2n) is 3.01. The number of rotatable bonds is 3. The van der Waals surface area contributed by atoms with Crippen LogP contribution in [-0.2, 0) is 13.0 Å². The Morgan fingerprint density at radius 3 is 2.67 bits per heavy atom. The quantitative estimate of drug-likeness (QED) is 0.822. The second kappa shape index (κ2) is 4.03. The first-order chi connectivity index (χ1) is 7.26. The summed E-state index contributed by atoms with van der Waals surface area (Å²) in [5.41, 5.74) is 1.49. The first-order valence-corrected chi connectivity index (χ1v) is 5.42. The summed E-state index contributed by atoms with van der Waals surface area (Å²) in [5.74, 6) is 0. The van der Waals surface area contributed by atoms with Crippen LogP contribution in [0, 0.1) is 6.92 Å². The minimum atomic E-state index is -0.0963. The molecule has 0 aliphatic heterocycles. The maximum absolute atomic E-state index is 9.07. The van der Waals surface area contributed by atoms with Gasteiger partial charge in [0.15, 0.2) is 0 Å². The highest BCUT2D eigenvalue weighted by Gasteiger charge is 2.14. The fourth-order valence-corrected chi connectivity index (χ4v) is 2.00. The third-order valence-corrected chi connectivity index (χ3v) is 2.84. The average Bonchev–Trinajstić information content (AvgIpc) is 2.82. The first kappa shape index (κ1) is 10.2. The lowest BCUT2D eigenvalue weighted by molar-refractivity contribution is 0.275. The normalized spacial score (nSPS) is 10.9. The molecule has 2 aromatic rings. The lowest BCUT2D eigenvalue weighted by Crippen LogP contribution is -2.02. The van der Waals surface area contributed by atoms with Crippen molar-refractivity contribution in [3.63, 3.8) is 0 Å². The summed E-state index contributed by atoms with van der Waals surface area (Å²) < 4.78 is 1.64. The van der Waals surface area contributed by atoms with Gasteiger partial charge in [0.05, 0.1) is 12.3 Å². The Bertz CT molecular complexity index is 463. The molecular weight excluding hydrogens is 214 g/mol. The maximum Gasteiger partial charge on any atom is 0.234 e. The van der Waals surface area contributed by atoms with Crippen molar-refractivity contribution in [1.29, 1.82) is 0 Å². The van der Waals surface area contributed by atoms with E-state index in [9.17, 15) is 0 Å². The lowest BCUT2D eigenvalue weighted by Gasteiger charge is -1.99. The maximum atomic E-state index is 9.07. The summed E-state index contributed by atoms with van der Waals surface area (Å²) in [5, 5.41) is 26.4. The number of aryl methyl sites for hydroxylation is 1. The predicted molar refractivity (Wildman–Crippen MR) is 54.9 cm³/mol. The van der Waals surface area contributed by atoms with Gasteiger partial charge in [-0.15, -0.1) is 15.3 Å². The highest BCUT2D eigenvalue weighted by atomic mass is 32.1. The van der Waals surface area contributed by atoms with E-state index in [1.807, 2.05) is 13.8 Å². The van der Waals surface area contributed by atoms with Gasteiger partial charge in [-0.3, -0.25) is 0 Å². The van der Waals surface area contributed by atoms with Gasteiger partial charge in [0, 0.05) is 0 Å². The Morgan fingerprint density at radius 1 is 1.33 bits per heavy atom. The van der Waals surface area contributed by atoms with Crippen molar-refractivity contribution < 1.29 is 5.11 Å². The second-order valence-corrected chi connectivity index (χ2v) is 4.17. The zero-order chi connectivity index (χ0) is 10.8. The van der Waals surface area contributed by atoms with Gasteiger partial charge in [0.1, 0.15) is 10.7 Å². The van der Waals surface area contributed by atoms with Crippen molar-refractivity contribution in [2.24, 2.45) is 0 Å². The molecule has 2 rings (SSSR count). The van der Waals surface area contributed by atoms with Crippen LogP contribution in [0.15, 0.2) is 0 Å². The summed E-state index contributed by atoms with van der Waals surface area (Å²) in [7, 11) is 0. The van der Waals surface area contributed by atoms with Crippen LogP contribution < -0.4 is 0 Å². The molecule has 0 saturated carbocycles. The summed E-state index contributed by atoms with van der Waals surface area (Å²) in [6.45, 7) is 3.78. The summed E-state index contributed by atoms with van der Waals surface area (Å²) in [6, 6.07) is 0. The molecule has 6 nitrogen and oxygen atoms in total. The number of aliphatic hydroxyl groups is 1. The van der Waals surface area contributed by atoms with Crippen molar-refractivity contribution in [2.45, 2.75) is 26.9 Å². The highest BCUT2D eigenvalue weighted by molar-refractivity contribution is 7.13. The van der Waals surface area contributed by atoms with Gasteiger partial charge < -0.3 is 5.11 Å². The molecule has 0 fully saturated rings. The fourth-order valence-electron chi connectivity index (χ4n) is 1.33. The fraction of sp³-hybridized carbons (Fsp3) is 0.500. The van der Waals surface area contributed by atoms with E-state index in [0.29, 0.717) is 10.8 Å². The molecule has 0 radical (unpaired) electrons. The van der Waals surface area contributed by atoms with Crippen LogP contribution in [0.5, 0.6) is 0 Å². The van der Waals surface area contributed by atoms with E-state index in [2.05, 4.69) is 20.5 Å². The molecule has 1 N–H and O–H groups in total. The Morgan fingerprint density at radius 2 is 2.13 bits per heavy atom. The molecular formula is C8H11N5OS. The van der Waals surface area contributed by atoms with Crippen molar-refractivity contribution in [2.75, 3.05) is 0 Å². The third kappa shape index (κ3) is 1.75. The molecule has 0 saturated heterocycles. The molecule has 0 atom stereocenters. The van der Waals surface area contributed by atoms with Crippen molar-refractivity contribution in [1.82, 2.24) is 25.2 Å². The van der Waals surface area contributed by atoms with E-state index in [-0.39, 0.29) is 6.61 Å². The molecule has 7 heteroatoms. The number of hydrogen-bond acceptors (Lipinski definition) is 6. The van der Waals surface area contributed by atoms with Crippen LogP contribution in [0.4, 0.5) is 0 Å². The van der Waals surface area contributed by atoms with Gasteiger partial charge >= 0.3 is 0 Å². The van der Waals surface area contributed by atoms with Crippen molar-refractivity contribution >= 4 is 11.3 Å². The minimum absolute atomic E-state index is 0.0963. The van der Waals surface area contributed by atoms with Gasteiger partial charge in [0.25, 0.3) is 0 Å². The van der Waals surface area contributed by atoms with Crippen LogP contribution in [0.3, 0.4) is 0 Å². The number of aliphatic hydroxyl groups excluding tert-OH is 1. The molecule has 0 unspecified atom stereocenters. The average molecular weight is 225 g/mol. The summed E-state index contributed by atoms with van der Waals surface area (Å²) in [6.07, 6.45) is 0.752. The van der Waals surface area contributed by atoms with E-state index in [1.54, 1.807) is 4.68 Å². The topological polar surface area (TPSA) is 76.7 Å². The van der Waals surface area contributed by atoms with Gasteiger partial charge in [-0.2, -0.15) is 4.68 Å². The monoisotopic (exact) mass is 225 g/mol. The Kier molecular flexibility index (Phi) is 2.74. The predicted octanol–water partition coefficient (Wildman–Crippen LogP) is 0.482. The smallest absolute Gasteiger partial charge is 0.234 e. The molecule has 0 aliphatic carbocycles. The van der Waals surface area contributed by atoms with Crippen LogP contribution >= 0.6 is 11.3 Å². The summed E-state index contributed by atoms with van der Waals surface area (Å²) in [4.78, 5) is 0. The van der Waals surface area contributed by atoms with Gasteiger partial charge in [-0.1, -0.05) is 23.5 Å². The molecule has 0 aromatic carbocycles. The van der Waals surface area contributed by atoms with Crippen LogP contribution in [0.1, 0.15) is 23.3 Å². The molecule has 2 heterocycles. The third-order valence-electron chi connectivity index (χ3n) is 2.02. The Balaban J connectivity index is 2.48. The largest absolute Gasteiger partial charge is 0.390 e. The SMILES string of the molecule is CCc1c(CO)nnn1-c1nnc(C)s1. The Hall–Kier alpha value is -1.34. The van der Waals surface area contributed by atoms with Crippen molar-refractivity contribution in [3.8, 4) is 5.13 Å². The minimum Gasteiger partial charge on any atom is -0.390 e. The van der Waals surface area contributed by atoms with E-state index in [1.165, 1.54) is 11.3 Å². The number of nitrogens with zero attached hydrogens (tertiary/aromatic N) is 5. The molecule has 0 amide bonds. The molecule has 0 spiro atoms. The molecule has 0 bridgehead atoms. The number of hydrogen-bond donors (Lipinski definition) is 1. The van der Waals surface area contributed by atoms with E-state index in [0.717, 1.165) is 17.1 Å². The molecule has 2 aromatic heterocycles. The standard InChI is InChI=1S/C8H11N5OS/c1-3-7-6(4-14)10-12-13(7)8-11-9-5(2)15-8/h14H,3-4H2,1-2H3. The van der Waals surface area contributed by atoms with E-state index in [4.69, 9.17) is 5.11 Å². The Labute approximate surface area is 90.6 Å². The number of aromatic nitrogens is 5.